The van der Waals surface area contributed by atoms with E-state index in [9.17, 15) is 4.79 Å². The van der Waals surface area contributed by atoms with Gasteiger partial charge < -0.3 is 10.6 Å². The molecule has 1 unspecified atom stereocenters. The maximum atomic E-state index is 12.9. The molecule has 2 rings (SSSR count). The molecule has 1 aliphatic carbocycles. The zero-order valence-electron chi connectivity index (χ0n) is 11.3. The number of carbonyl (C=O) groups is 1. The molecule has 1 aliphatic heterocycles. The van der Waals surface area contributed by atoms with Crippen molar-refractivity contribution in [3.8, 4) is 0 Å². The summed E-state index contributed by atoms with van der Waals surface area (Å²) in [5.41, 5.74) is 5.42. The molecule has 1 heterocycles. The second-order valence-corrected chi connectivity index (χ2v) is 6.15. The summed E-state index contributed by atoms with van der Waals surface area (Å²) in [6, 6.07) is 0.408. The van der Waals surface area contributed by atoms with Crippen molar-refractivity contribution in [3.63, 3.8) is 0 Å². The normalized spacial score (nSPS) is 27.2. The van der Waals surface area contributed by atoms with Crippen LogP contribution in [0.1, 0.15) is 58.3 Å². The lowest BCUT2D eigenvalue weighted by Gasteiger charge is -2.39. The number of likely N-dealkylation sites (tertiary alicyclic amines) is 1. The number of thiocarbonyl (C=S) groups is 1. The summed E-state index contributed by atoms with van der Waals surface area (Å²) in [5.74, 6) is 0.221. The van der Waals surface area contributed by atoms with Crippen LogP contribution in [0.5, 0.6) is 0 Å². The average molecular weight is 268 g/mol. The van der Waals surface area contributed by atoms with Gasteiger partial charge in [0.05, 0.1) is 10.4 Å². The number of hydrogen-bond donors (Lipinski definition) is 1. The van der Waals surface area contributed by atoms with E-state index in [-0.39, 0.29) is 5.91 Å². The third-order valence-corrected chi connectivity index (χ3v) is 5.09. The first-order valence-corrected chi connectivity index (χ1v) is 7.63. The highest BCUT2D eigenvalue weighted by atomic mass is 32.1. The molecule has 1 saturated heterocycles. The number of amides is 1. The molecule has 0 aromatic heterocycles. The van der Waals surface area contributed by atoms with Gasteiger partial charge in [0.1, 0.15) is 0 Å². The first-order valence-electron chi connectivity index (χ1n) is 7.23. The fourth-order valence-corrected chi connectivity index (χ4v) is 3.81. The van der Waals surface area contributed by atoms with E-state index in [1.807, 2.05) is 0 Å². The number of rotatable bonds is 3. The van der Waals surface area contributed by atoms with Crippen LogP contribution >= 0.6 is 12.2 Å². The first-order chi connectivity index (χ1) is 8.62. The van der Waals surface area contributed by atoms with Gasteiger partial charge in [0.15, 0.2) is 0 Å². The Labute approximate surface area is 115 Å². The molecule has 0 bridgehead atoms. The minimum Gasteiger partial charge on any atom is -0.392 e. The maximum Gasteiger partial charge on any atom is 0.235 e. The van der Waals surface area contributed by atoms with Crippen molar-refractivity contribution >= 4 is 23.1 Å². The predicted octanol–water partition coefficient (Wildman–Crippen LogP) is 2.62. The number of carbonyl (C=O) groups excluding carboxylic acids is 1. The molecule has 0 spiro atoms. The van der Waals surface area contributed by atoms with E-state index in [0.717, 1.165) is 51.5 Å². The van der Waals surface area contributed by atoms with Crippen LogP contribution < -0.4 is 5.73 Å². The minimum atomic E-state index is -0.522. The van der Waals surface area contributed by atoms with Crippen LogP contribution in [0.4, 0.5) is 0 Å². The quantitative estimate of drug-likeness (QED) is 0.800. The van der Waals surface area contributed by atoms with Crippen molar-refractivity contribution in [2.75, 3.05) is 6.54 Å². The summed E-state index contributed by atoms with van der Waals surface area (Å²) in [6.07, 6.45) is 8.37. The molecule has 0 aromatic rings. The number of nitrogens with zero attached hydrogens (tertiary/aromatic N) is 1. The Bertz CT molecular complexity index is 337. The Morgan fingerprint density at radius 3 is 2.56 bits per heavy atom. The fraction of sp³-hybridized carbons (Fsp3) is 0.857. The van der Waals surface area contributed by atoms with Crippen molar-refractivity contribution in [2.24, 2.45) is 11.1 Å². The Balaban J connectivity index is 2.20. The van der Waals surface area contributed by atoms with Crippen LogP contribution in [0.25, 0.3) is 0 Å². The molecule has 0 aromatic carbocycles. The SMILES string of the molecule is CCC1CCCN1C(=O)C1(C(N)=S)CCCCC1. The smallest absolute Gasteiger partial charge is 0.235 e. The summed E-state index contributed by atoms with van der Waals surface area (Å²) in [6.45, 7) is 3.05. The second kappa shape index (κ2) is 5.55. The van der Waals surface area contributed by atoms with Crippen LogP contribution in [0.3, 0.4) is 0 Å². The summed E-state index contributed by atoms with van der Waals surface area (Å²) in [4.78, 5) is 15.4. The summed E-state index contributed by atoms with van der Waals surface area (Å²) in [5, 5.41) is 0. The zero-order chi connectivity index (χ0) is 13.2. The van der Waals surface area contributed by atoms with Crippen LogP contribution in [0.2, 0.25) is 0 Å². The third kappa shape index (κ3) is 2.27. The van der Waals surface area contributed by atoms with E-state index >= 15 is 0 Å². The topological polar surface area (TPSA) is 46.3 Å². The molecule has 4 heteroatoms. The van der Waals surface area contributed by atoms with Gasteiger partial charge >= 0.3 is 0 Å². The molecule has 3 nitrogen and oxygen atoms in total. The molecule has 102 valence electrons. The molecule has 1 atom stereocenters. The molecule has 2 N–H and O–H groups in total. The van der Waals surface area contributed by atoms with Gasteiger partial charge in [-0.3, -0.25) is 4.79 Å². The lowest BCUT2D eigenvalue weighted by atomic mass is 9.72. The average Bonchev–Trinajstić information content (AvgIpc) is 2.86. The van der Waals surface area contributed by atoms with Gasteiger partial charge in [-0.15, -0.1) is 0 Å². The Kier molecular flexibility index (Phi) is 4.25. The second-order valence-electron chi connectivity index (χ2n) is 5.71. The van der Waals surface area contributed by atoms with Gasteiger partial charge in [-0.1, -0.05) is 38.4 Å². The van der Waals surface area contributed by atoms with Gasteiger partial charge in [-0.25, -0.2) is 0 Å². The van der Waals surface area contributed by atoms with Gasteiger partial charge in [0, 0.05) is 12.6 Å². The van der Waals surface area contributed by atoms with Crippen molar-refractivity contribution in [1.29, 1.82) is 0 Å². The number of hydrogen-bond acceptors (Lipinski definition) is 2. The van der Waals surface area contributed by atoms with Gasteiger partial charge in [0.2, 0.25) is 5.91 Å². The molecular weight excluding hydrogens is 244 g/mol. The standard InChI is InChI=1S/C14H24N2OS/c1-2-11-7-6-10-16(11)13(17)14(12(15)18)8-4-3-5-9-14/h11H,2-10H2,1H3,(H2,15,18). The molecule has 2 aliphatic rings. The van der Waals surface area contributed by atoms with E-state index in [2.05, 4.69) is 11.8 Å². The maximum absolute atomic E-state index is 12.9. The summed E-state index contributed by atoms with van der Waals surface area (Å²) < 4.78 is 0. The largest absolute Gasteiger partial charge is 0.392 e. The van der Waals surface area contributed by atoms with E-state index in [1.165, 1.54) is 6.42 Å². The summed E-state index contributed by atoms with van der Waals surface area (Å²) >= 11 is 5.24. The van der Waals surface area contributed by atoms with E-state index in [4.69, 9.17) is 18.0 Å². The van der Waals surface area contributed by atoms with Gasteiger partial charge in [0.25, 0.3) is 0 Å². The van der Waals surface area contributed by atoms with E-state index in [0.29, 0.717) is 11.0 Å². The van der Waals surface area contributed by atoms with E-state index < -0.39 is 5.41 Å². The Morgan fingerprint density at radius 1 is 1.33 bits per heavy atom. The minimum absolute atomic E-state index is 0.221. The van der Waals surface area contributed by atoms with Crippen LogP contribution in [-0.4, -0.2) is 28.4 Å². The van der Waals surface area contributed by atoms with Crippen molar-refractivity contribution < 1.29 is 4.79 Å². The highest BCUT2D eigenvalue weighted by Crippen LogP contribution is 2.40. The monoisotopic (exact) mass is 268 g/mol. The molecule has 1 amide bonds. The molecule has 0 radical (unpaired) electrons. The lowest BCUT2D eigenvalue weighted by molar-refractivity contribution is -0.140. The Morgan fingerprint density at radius 2 is 2.00 bits per heavy atom. The zero-order valence-corrected chi connectivity index (χ0v) is 12.1. The Hall–Kier alpha value is -0.640. The first kappa shape index (κ1) is 13.8. The molecule has 2 fully saturated rings. The van der Waals surface area contributed by atoms with Gasteiger partial charge in [-0.05, 0) is 32.1 Å². The highest BCUT2D eigenvalue weighted by Gasteiger charge is 2.46. The predicted molar refractivity (Wildman–Crippen MR) is 77.3 cm³/mol. The third-order valence-electron chi connectivity index (χ3n) is 4.70. The summed E-state index contributed by atoms with van der Waals surface area (Å²) in [7, 11) is 0. The molecule has 18 heavy (non-hydrogen) atoms. The van der Waals surface area contributed by atoms with Crippen molar-refractivity contribution in [2.45, 2.75) is 64.3 Å². The van der Waals surface area contributed by atoms with Crippen molar-refractivity contribution in [1.82, 2.24) is 4.90 Å². The molecular formula is C14H24N2OS. The molecule has 1 saturated carbocycles. The number of nitrogens with two attached hydrogens (primary N) is 1. The highest BCUT2D eigenvalue weighted by molar-refractivity contribution is 7.80. The van der Waals surface area contributed by atoms with Crippen LogP contribution in [0, 0.1) is 5.41 Å². The van der Waals surface area contributed by atoms with E-state index in [1.54, 1.807) is 0 Å². The fourth-order valence-electron chi connectivity index (χ4n) is 3.52. The van der Waals surface area contributed by atoms with Crippen LogP contribution in [0.15, 0.2) is 0 Å². The van der Waals surface area contributed by atoms with Crippen molar-refractivity contribution in [3.05, 3.63) is 0 Å². The van der Waals surface area contributed by atoms with Gasteiger partial charge in [-0.2, -0.15) is 0 Å². The lowest BCUT2D eigenvalue weighted by Crippen LogP contribution is -2.52. The van der Waals surface area contributed by atoms with Crippen LogP contribution in [-0.2, 0) is 4.79 Å².